The molecule has 2 amide bonds. The molecular weight excluding hydrogens is 562 g/mol. The van der Waals surface area contributed by atoms with Crippen LogP contribution in [0.3, 0.4) is 0 Å². The minimum atomic E-state index is -1.83. The summed E-state index contributed by atoms with van der Waals surface area (Å²) in [6, 6.07) is 7.22. The van der Waals surface area contributed by atoms with Crippen molar-refractivity contribution in [2.24, 2.45) is 0 Å². The van der Waals surface area contributed by atoms with Gasteiger partial charge in [0.15, 0.2) is 0 Å². The topological polar surface area (TPSA) is 192 Å². The normalized spacial score (nSPS) is 17.4. The standard InChI is InChI=1S/C24H32B2N2O10S2/c29-15(11-23(32)33)5-7-20(28-22(31)14-18-4-2-10-40-18)26-37-16(12-24(34)38-26)6-8-19(25(35)36)27-21(30)13-17-3-1-9-39-17/h1-4,9-10,15-16,19-20,29,35-36H,5-8,11-14H2,(H,27,30)(H,28,31)(H,32,33). The Morgan fingerprint density at radius 2 is 1.65 bits per heavy atom. The summed E-state index contributed by atoms with van der Waals surface area (Å²) in [5, 5.41) is 47.6. The fourth-order valence-electron chi connectivity index (χ4n) is 4.25. The lowest BCUT2D eigenvalue weighted by molar-refractivity contribution is -0.143. The Hall–Kier alpha value is -2.75. The van der Waals surface area contributed by atoms with Crippen LogP contribution in [0.2, 0.25) is 0 Å². The van der Waals surface area contributed by atoms with Crippen LogP contribution in [0.4, 0.5) is 0 Å². The van der Waals surface area contributed by atoms with Crippen molar-refractivity contribution >= 4 is 60.7 Å². The van der Waals surface area contributed by atoms with Gasteiger partial charge in [0.2, 0.25) is 11.8 Å². The number of nitrogens with one attached hydrogen (secondary N) is 2. The highest BCUT2D eigenvalue weighted by molar-refractivity contribution is 7.10. The second-order valence-electron chi connectivity index (χ2n) is 9.50. The zero-order valence-electron chi connectivity index (χ0n) is 21.6. The number of aliphatic hydroxyl groups is 1. The zero-order chi connectivity index (χ0) is 29.1. The van der Waals surface area contributed by atoms with E-state index in [1.165, 1.54) is 22.7 Å². The first-order valence-electron chi connectivity index (χ1n) is 12.8. The summed E-state index contributed by atoms with van der Waals surface area (Å²) in [7, 11) is -3.04. The van der Waals surface area contributed by atoms with Crippen LogP contribution in [0.1, 0.15) is 48.3 Å². The van der Waals surface area contributed by atoms with E-state index in [-0.39, 0.29) is 56.8 Å². The molecule has 216 valence electrons. The van der Waals surface area contributed by atoms with Gasteiger partial charge in [-0.05, 0) is 48.6 Å². The summed E-state index contributed by atoms with van der Waals surface area (Å²) < 4.78 is 11.3. The van der Waals surface area contributed by atoms with Gasteiger partial charge in [0.05, 0.1) is 49.8 Å². The maximum atomic E-state index is 12.7. The predicted molar refractivity (Wildman–Crippen MR) is 148 cm³/mol. The molecule has 1 fully saturated rings. The quantitative estimate of drug-likeness (QED) is 0.148. The molecule has 2 aromatic heterocycles. The molecule has 12 nitrogen and oxygen atoms in total. The third kappa shape index (κ3) is 11.0. The van der Waals surface area contributed by atoms with Gasteiger partial charge in [-0.15, -0.1) is 22.7 Å². The molecule has 40 heavy (non-hydrogen) atoms. The van der Waals surface area contributed by atoms with Gasteiger partial charge < -0.3 is 40.2 Å². The second-order valence-corrected chi connectivity index (χ2v) is 11.6. The minimum Gasteiger partial charge on any atom is -0.508 e. The molecule has 1 saturated heterocycles. The first-order chi connectivity index (χ1) is 19.1. The highest BCUT2D eigenvalue weighted by Crippen LogP contribution is 2.22. The maximum absolute atomic E-state index is 12.7. The summed E-state index contributed by atoms with van der Waals surface area (Å²) in [5.41, 5.74) is 0. The van der Waals surface area contributed by atoms with E-state index < -0.39 is 56.7 Å². The first-order valence-corrected chi connectivity index (χ1v) is 14.6. The second kappa shape index (κ2) is 15.9. The van der Waals surface area contributed by atoms with Crippen molar-refractivity contribution < 1.29 is 48.7 Å². The Morgan fingerprint density at radius 3 is 2.20 bits per heavy atom. The van der Waals surface area contributed by atoms with Crippen LogP contribution in [-0.4, -0.2) is 82.3 Å². The summed E-state index contributed by atoms with van der Waals surface area (Å²) in [4.78, 5) is 50.1. The summed E-state index contributed by atoms with van der Waals surface area (Å²) >= 11 is 2.81. The van der Waals surface area contributed by atoms with Gasteiger partial charge in [-0.2, -0.15) is 0 Å². The molecule has 1 aliphatic rings. The summed E-state index contributed by atoms with van der Waals surface area (Å²) in [5.74, 6) is -4.37. The van der Waals surface area contributed by atoms with Gasteiger partial charge in [0.1, 0.15) is 0 Å². The zero-order valence-corrected chi connectivity index (χ0v) is 23.3. The van der Waals surface area contributed by atoms with E-state index in [0.717, 1.165) is 9.75 Å². The molecule has 0 spiro atoms. The molecule has 0 bridgehead atoms. The molecule has 3 heterocycles. The Kier molecular flexibility index (Phi) is 12.6. The molecule has 2 aromatic rings. The number of hydrogen-bond acceptors (Lipinski definition) is 11. The Balaban J connectivity index is 1.61. The largest absolute Gasteiger partial charge is 0.551 e. The van der Waals surface area contributed by atoms with Crippen LogP contribution in [0, 0.1) is 0 Å². The predicted octanol–water partition coefficient (Wildman–Crippen LogP) is 0.332. The van der Waals surface area contributed by atoms with Crippen molar-refractivity contribution in [3.63, 3.8) is 0 Å². The molecule has 3 rings (SSSR count). The molecule has 16 heteroatoms. The third-order valence-electron chi connectivity index (χ3n) is 6.20. The smallest absolute Gasteiger partial charge is 0.508 e. The Bertz CT molecular complexity index is 1100. The fraction of sp³-hybridized carbons (Fsp3) is 0.500. The number of hydrogen-bond donors (Lipinski definition) is 6. The van der Waals surface area contributed by atoms with Gasteiger partial charge in [-0.3, -0.25) is 19.2 Å². The van der Waals surface area contributed by atoms with Gasteiger partial charge in [-0.1, -0.05) is 12.1 Å². The first kappa shape index (κ1) is 31.8. The van der Waals surface area contributed by atoms with Crippen LogP contribution < -0.4 is 10.6 Å². The Morgan fingerprint density at radius 1 is 1.02 bits per heavy atom. The number of amides is 2. The van der Waals surface area contributed by atoms with Crippen LogP contribution in [0.15, 0.2) is 35.0 Å². The number of carbonyl (C=O) groups is 4. The summed E-state index contributed by atoms with van der Waals surface area (Å²) in [6.45, 7) is 0. The molecule has 4 atom stereocenters. The van der Waals surface area contributed by atoms with Crippen molar-refractivity contribution in [2.75, 3.05) is 0 Å². The van der Waals surface area contributed by atoms with Crippen molar-refractivity contribution in [1.82, 2.24) is 10.6 Å². The van der Waals surface area contributed by atoms with Crippen LogP contribution >= 0.6 is 22.7 Å². The lowest BCUT2D eigenvalue weighted by Crippen LogP contribution is -2.55. The van der Waals surface area contributed by atoms with Crippen molar-refractivity contribution in [3.05, 3.63) is 44.8 Å². The molecule has 6 N–H and O–H groups in total. The maximum Gasteiger partial charge on any atom is 0.551 e. The number of aliphatic hydroxyl groups excluding tert-OH is 1. The number of carboxylic acid groups (broad SMARTS) is 1. The van der Waals surface area contributed by atoms with Crippen molar-refractivity contribution in [2.45, 2.75) is 75.5 Å². The van der Waals surface area contributed by atoms with E-state index >= 15 is 0 Å². The van der Waals surface area contributed by atoms with Crippen LogP contribution in [0.5, 0.6) is 0 Å². The molecule has 0 aromatic carbocycles. The Labute approximate surface area is 240 Å². The van der Waals surface area contributed by atoms with Gasteiger partial charge in [0, 0.05) is 9.75 Å². The number of rotatable bonds is 16. The number of aliphatic carboxylic acids is 1. The molecule has 0 saturated carbocycles. The third-order valence-corrected chi connectivity index (χ3v) is 7.95. The lowest BCUT2D eigenvalue weighted by atomic mass is 9.72. The fourth-order valence-corrected chi connectivity index (χ4v) is 5.65. The van der Waals surface area contributed by atoms with Crippen LogP contribution in [0.25, 0.3) is 0 Å². The molecule has 4 unspecified atom stereocenters. The highest BCUT2D eigenvalue weighted by atomic mass is 32.1. The van der Waals surface area contributed by atoms with E-state index in [1.807, 2.05) is 22.9 Å². The van der Waals surface area contributed by atoms with Crippen LogP contribution in [-0.2, 0) is 41.3 Å². The van der Waals surface area contributed by atoms with E-state index in [2.05, 4.69) is 10.6 Å². The molecule has 0 radical (unpaired) electrons. The molecule has 1 aliphatic heterocycles. The number of thiophene rings is 2. The average molecular weight is 594 g/mol. The van der Waals surface area contributed by atoms with Gasteiger partial charge in [0.25, 0.3) is 5.97 Å². The van der Waals surface area contributed by atoms with Gasteiger partial charge in [-0.25, -0.2) is 0 Å². The highest BCUT2D eigenvalue weighted by Gasteiger charge is 2.42. The minimum absolute atomic E-state index is 0.00732. The van der Waals surface area contributed by atoms with E-state index in [9.17, 15) is 34.3 Å². The number of carboxylic acids is 1. The summed E-state index contributed by atoms with van der Waals surface area (Å²) in [6.07, 6.45) is -1.96. The van der Waals surface area contributed by atoms with E-state index in [4.69, 9.17) is 14.4 Å². The van der Waals surface area contributed by atoms with Gasteiger partial charge >= 0.3 is 20.2 Å². The van der Waals surface area contributed by atoms with Crippen molar-refractivity contribution in [1.29, 1.82) is 0 Å². The SMILES string of the molecule is O=C(O)CC(O)CCC(NC(=O)Cc1cccs1)B1OC(=O)CC(CCC(NC(=O)Cc2cccs2)B(O)O)O1. The molecule has 0 aliphatic carbocycles. The average Bonchev–Trinajstić information content (AvgIpc) is 3.58. The monoisotopic (exact) mass is 594 g/mol. The lowest BCUT2D eigenvalue weighted by Gasteiger charge is -2.33. The molecular formula is C24H32B2N2O10S2. The van der Waals surface area contributed by atoms with Crippen molar-refractivity contribution in [3.8, 4) is 0 Å². The van der Waals surface area contributed by atoms with E-state index in [0.29, 0.717) is 0 Å². The number of carbonyl (C=O) groups excluding carboxylic acids is 3. The van der Waals surface area contributed by atoms with E-state index in [1.54, 1.807) is 12.1 Å².